The summed E-state index contributed by atoms with van der Waals surface area (Å²) in [6.45, 7) is 0. The SMILES string of the molecule is Clc1cc(Br)cc(P(c2ccccc2)c2ccccc2)c1. The van der Waals surface area contributed by atoms with E-state index in [9.17, 15) is 0 Å². The first-order valence-corrected chi connectivity index (χ1v) is 9.11. The van der Waals surface area contributed by atoms with Crippen LogP contribution in [0.3, 0.4) is 0 Å². The van der Waals surface area contributed by atoms with Crippen molar-refractivity contribution in [1.29, 1.82) is 0 Å². The predicted molar refractivity (Wildman–Crippen MR) is 97.9 cm³/mol. The summed E-state index contributed by atoms with van der Waals surface area (Å²) in [5.74, 6) is 0. The molecule has 3 rings (SSSR count). The van der Waals surface area contributed by atoms with Gasteiger partial charge in [-0.05, 0) is 42.0 Å². The molecule has 0 amide bonds. The maximum Gasteiger partial charge on any atom is 0.0423 e. The minimum Gasteiger partial charge on any atom is -0.0843 e. The van der Waals surface area contributed by atoms with Crippen LogP contribution in [0.5, 0.6) is 0 Å². The standard InChI is InChI=1S/C18H13BrClP/c19-14-11-15(20)13-18(12-14)21(16-7-3-1-4-8-16)17-9-5-2-6-10-17/h1-13H. The Morgan fingerprint density at radius 3 is 1.67 bits per heavy atom. The van der Waals surface area contributed by atoms with E-state index in [4.69, 9.17) is 11.6 Å². The molecule has 0 unspecified atom stereocenters. The summed E-state index contributed by atoms with van der Waals surface area (Å²) in [6, 6.07) is 27.4. The van der Waals surface area contributed by atoms with E-state index in [1.165, 1.54) is 15.9 Å². The smallest absolute Gasteiger partial charge is 0.0423 e. The Balaban J connectivity index is 2.17. The molecule has 104 valence electrons. The van der Waals surface area contributed by atoms with Crippen molar-refractivity contribution in [2.45, 2.75) is 0 Å². The second-order valence-electron chi connectivity index (χ2n) is 4.63. The largest absolute Gasteiger partial charge is 0.0843 e. The molecule has 3 aromatic rings. The van der Waals surface area contributed by atoms with Gasteiger partial charge in [0.1, 0.15) is 0 Å². The Kier molecular flexibility index (Phi) is 4.75. The quantitative estimate of drug-likeness (QED) is 0.574. The Morgan fingerprint density at radius 1 is 0.667 bits per heavy atom. The Morgan fingerprint density at radius 2 is 1.19 bits per heavy atom. The Bertz CT molecular complexity index is 669. The van der Waals surface area contributed by atoms with E-state index < -0.39 is 7.92 Å². The molecule has 0 nitrogen and oxygen atoms in total. The Labute approximate surface area is 139 Å². The first-order valence-electron chi connectivity index (χ1n) is 6.60. The van der Waals surface area contributed by atoms with Crippen molar-refractivity contribution in [2.24, 2.45) is 0 Å². The van der Waals surface area contributed by atoms with Crippen LogP contribution in [0.2, 0.25) is 5.02 Å². The van der Waals surface area contributed by atoms with E-state index >= 15 is 0 Å². The van der Waals surface area contributed by atoms with Crippen LogP contribution in [-0.4, -0.2) is 0 Å². The molecule has 0 aliphatic heterocycles. The molecule has 0 heterocycles. The molecule has 0 saturated heterocycles. The van der Waals surface area contributed by atoms with Gasteiger partial charge in [-0.25, -0.2) is 0 Å². The monoisotopic (exact) mass is 374 g/mol. The van der Waals surface area contributed by atoms with E-state index in [0.717, 1.165) is 9.50 Å². The average molecular weight is 376 g/mol. The van der Waals surface area contributed by atoms with Crippen LogP contribution in [0.25, 0.3) is 0 Å². The maximum absolute atomic E-state index is 6.25. The second kappa shape index (κ2) is 6.75. The van der Waals surface area contributed by atoms with Crippen LogP contribution >= 0.6 is 35.5 Å². The van der Waals surface area contributed by atoms with Crippen molar-refractivity contribution in [2.75, 3.05) is 0 Å². The van der Waals surface area contributed by atoms with Crippen molar-refractivity contribution in [1.82, 2.24) is 0 Å². The number of hydrogen-bond donors (Lipinski definition) is 0. The van der Waals surface area contributed by atoms with Crippen LogP contribution in [0.4, 0.5) is 0 Å². The van der Waals surface area contributed by atoms with Gasteiger partial charge in [0.15, 0.2) is 0 Å². The maximum atomic E-state index is 6.25. The van der Waals surface area contributed by atoms with Crippen molar-refractivity contribution in [3.8, 4) is 0 Å². The summed E-state index contributed by atoms with van der Waals surface area (Å²) in [4.78, 5) is 0. The van der Waals surface area contributed by atoms with Crippen LogP contribution in [0, 0.1) is 0 Å². The molecule has 0 saturated carbocycles. The van der Waals surface area contributed by atoms with Crippen molar-refractivity contribution in [3.05, 3.63) is 88.4 Å². The number of hydrogen-bond acceptors (Lipinski definition) is 0. The van der Waals surface area contributed by atoms with Gasteiger partial charge in [-0.1, -0.05) is 88.2 Å². The fourth-order valence-corrected chi connectivity index (χ4v) is 5.75. The number of benzene rings is 3. The highest BCUT2D eigenvalue weighted by atomic mass is 79.9. The van der Waals surface area contributed by atoms with E-state index in [1.54, 1.807) is 0 Å². The summed E-state index contributed by atoms with van der Waals surface area (Å²) < 4.78 is 1.02. The van der Waals surface area contributed by atoms with E-state index in [0.29, 0.717) is 0 Å². The number of halogens is 2. The van der Waals surface area contributed by atoms with Gasteiger partial charge in [0.2, 0.25) is 0 Å². The topological polar surface area (TPSA) is 0 Å². The molecule has 0 aliphatic rings. The molecule has 3 heteroatoms. The third-order valence-corrected chi connectivity index (χ3v) is 6.21. The molecule has 3 aromatic carbocycles. The highest BCUT2D eigenvalue weighted by Crippen LogP contribution is 2.34. The lowest BCUT2D eigenvalue weighted by atomic mass is 10.3. The molecule has 0 N–H and O–H groups in total. The van der Waals surface area contributed by atoms with Crippen molar-refractivity contribution in [3.63, 3.8) is 0 Å². The van der Waals surface area contributed by atoms with Gasteiger partial charge in [-0.15, -0.1) is 0 Å². The predicted octanol–water partition coefficient (Wildman–Crippen LogP) is 4.86. The van der Waals surface area contributed by atoms with Gasteiger partial charge in [0.05, 0.1) is 0 Å². The molecule has 0 aromatic heterocycles. The molecule has 21 heavy (non-hydrogen) atoms. The normalized spacial score (nSPS) is 10.8. The fraction of sp³-hybridized carbons (Fsp3) is 0. The van der Waals surface area contributed by atoms with E-state index in [2.05, 4.69) is 88.7 Å². The zero-order valence-corrected chi connectivity index (χ0v) is 14.4. The van der Waals surface area contributed by atoms with E-state index in [1.807, 2.05) is 6.07 Å². The van der Waals surface area contributed by atoms with Crippen molar-refractivity contribution < 1.29 is 0 Å². The average Bonchev–Trinajstić information content (AvgIpc) is 2.49. The van der Waals surface area contributed by atoms with Gasteiger partial charge in [0, 0.05) is 9.50 Å². The van der Waals surface area contributed by atoms with Crippen LogP contribution < -0.4 is 15.9 Å². The molecule has 0 bridgehead atoms. The Hall–Kier alpha value is -1.14. The summed E-state index contributed by atoms with van der Waals surface area (Å²) in [7, 11) is -0.593. The molecule has 0 atom stereocenters. The molecule has 0 fully saturated rings. The zero-order chi connectivity index (χ0) is 14.7. The molecular weight excluding hydrogens is 363 g/mol. The second-order valence-corrected chi connectivity index (χ2v) is 8.21. The summed E-state index contributed by atoms with van der Waals surface area (Å²) in [5.41, 5.74) is 0. The summed E-state index contributed by atoms with van der Waals surface area (Å²) >= 11 is 9.80. The van der Waals surface area contributed by atoms with Gasteiger partial charge < -0.3 is 0 Å². The highest BCUT2D eigenvalue weighted by Gasteiger charge is 2.16. The molecule has 0 aliphatic carbocycles. The van der Waals surface area contributed by atoms with Gasteiger partial charge in [0.25, 0.3) is 0 Å². The first-order chi connectivity index (χ1) is 10.2. The van der Waals surface area contributed by atoms with Crippen LogP contribution in [-0.2, 0) is 0 Å². The minimum atomic E-state index is -0.593. The fourth-order valence-electron chi connectivity index (χ4n) is 2.27. The molecule has 0 spiro atoms. The van der Waals surface area contributed by atoms with Gasteiger partial charge >= 0.3 is 0 Å². The minimum absolute atomic E-state index is 0.593. The van der Waals surface area contributed by atoms with E-state index in [-0.39, 0.29) is 0 Å². The summed E-state index contributed by atoms with van der Waals surface area (Å²) in [6.07, 6.45) is 0. The van der Waals surface area contributed by atoms with Gasteiger partial charge in [-0.3, -0.25) is 0 Å². The lowest BCUT2D eigenvalue weighted by Gasteiger charge is -2.19. The third-order valence-electron chi connectivity index (χ3n) is 3.13. The number of rotatable bonds is 3. The lowest BCUT2D eigenvalue weighted by Crippen LogP contribution is -2.20. The first kappa shape index (κ1) is 14.8. The molecule has 0 radical (unpaired) electrons. The van der Waals surface area contributed by atoms with Crippen LogP contribution in [0.1, 0.15) is 0 Å². The molecular formula is C18H13BrClP. The van der Waals surface area contributed by atoms with Crippen LogP contribution in [0.15, 0.2) is 83.3 Å². The third kappa shape index (κ3) is 3.55. The summed E-state index contributed by atoms with van der Waals surface area (Å²) in [5, 5.41) is 4.67. The zero-order valence-electron chi connectivity index (χ0n) is 11.2. The lowest BCUT2D eigenvalue weighted by molar-refractivity contribution is 1.69. The van der Waals surface area contributed by atoms with Gasteiger partial charge in [-0.2, -0.15) is 0 Å². The van der Waals surface area contributed by atoms with Crippen molar-refractivity contribution >= 4 is 51.4 Å². The highest BCUT2D eigenvalue weighted by molar-refractivity contribution is 9.10.